The summed E-state index contributed by atoms with van der Waals surface area (Å²) in [5, 5.41) is 3.41. The average molecular weight is 245 g/mol. The minimum absolute atomic E-state index is 0.0528. The fourth-order valence-electron chi connectivity index (χ4n) is 1.42. The van der Waals surface area contributed by atoms with Gasteiger partial charge in [0, 0.05) is 10.5 Å². The lowest BCUT2D eigenvalue weighted by Crippen LogP contribution is -2.09. The minimum atomic E-state index is -0.735. The van der Waals surface area contributed by atoms with Crippen LogP contribution in [0.15, 0.2) is 29.4 Å². The van der Waals surface area contributed by atoms with Crippen molar-refractivity contribution in [2.45, 2.75) is 13.5 Å². The van der Waals surface area contributed by atoms with Crippen LogP contribution in [0, 0.1) is 0 Å². The molecule has 0 spiro atoms. The van der Waals surface area contributed by atoms with E-state index in [0.717, 1.165) is 0 Å². The van der Waals surface area contributed by atoms with Gasteiger partial charge in [0.25, 0.3) is 0 Å². The van der Waals surface area contributed by atoms with Crippen molar-refractivity contribution < 1.29 is 14.3 Å². The van der Waals surface area contributed by atoms with Crippen LogP contribution < -0.4 is 0 Å². The Kier molecular flexibility index (Phi) is 5.19. The van der Waals surface area contributed by atoms with Gasteiger partial charge in [-0.3, -0.25) is 0 Å². The average Bonchev–Trinajstić information content (AvgIpc) is 2.39. The van der Waals surface area contributed by atoms with Crippen molar-refractivity contribution in [3.05, 3.63) is 45.8 Å². The molecule has 1 aromatic carbocycles. The van der Waals surface area contributed by atoms with Crippen LogP contribution in [-0.2, 0) is 20.9 Å². The fraction of sp³-hybridized carbons (Fsp3) is 0.250. The number of hydrogen-bond donors (Lipinski definition) is 0. The first-order valence-corrected chi connectivity index (χ1v) is 5.26. The zero-order chi connectivity index (χ0) is 13.4. The SMILES string of the molecule is CCOC(=O)C(=C=O)c1ccccc1CN=[N+]=[N-]. The van der Waals surface area contributed by atoms with E-state index in [1.54, 1.807) is 37.1 Å². The highest BCUT2D eigenvalue weighted by Gasteiger charge is 2.17. The zero-order valence-corrected chi connectivity index (χ0v) is 9.79. The van der Waals surface area contributed by atoms with E-state index >= 15 is 0 Å². The summed E-state index contributed by atoms with van der Waals surface area (Å²) < 4.78 is 4.77. The van der Waals surface area contributed by atoms with Crippen molar-refractivity contribution >= 4 is 17.5 Å². The van der Waals surface area contributed by atoms with E-state index in [1.807, 2.05) is 0 Å². The lowest BCUT2D eigenvalue weighted by molar-refractivity contribution is -0.135. The first-order valence-electron chi connectivity index (χ1n) is 5.26. The van der Waals surface area contributed by atoms with E-state index in [0.29, 0.717) is 11.1 Å². The largest absolute Gasteiger partial charge is 0.462 e. The summed E-state index contributed by atoms with van der Waals surface area (Å²) in [6.07, 6.45) is 0. The second-order valence-corrected chi connectivity index (χ2v) is 3.24. The number of hydrogen-bond acceptors (Lipinski definition) is 4. The molecule has 0 heterocycles. The van der Waals surface area contributed by atoms with E-state index in [4.69, 9.17) is 10.3 Å². The summed E-state index contributed by atoms with van der Waals surface area (Å²) in [6, 6.07) is 6.64. The summed E-state index contributed by atoms with van der Waals surface area (Å²) >= 11 is 0. The molecule has 1 rings (SSSR count). The van der Waals surface area contributed by atoms with E-state index in [9.17, 15) is 9.59 Å². The number of carbonyl (C=O) groups excluding carboxylic acids is 2. The van der Waals surface area contributed by atoms with Crippen LogP contribution in [0.25, 0.3) is 16.0 Å². The van der Waals surface area contributed by atoms with Gasteiger partial charge in [0.2, 0.25) is 0 Å². The highest BCUT2D eigenvalue weighted by molar-refractivity contribution is 6.25. The van der Waals surface area contributed by atoms with Crippen LogP contribution in [0.1, 0.15) is 18.1 Å². The Bertz CT molecular complexity index is 541. The van der Waals surface area contributed by atoms with Crippen LogP contribution in [0.2, 0.25) is 0 Å². The Morgan fingerprint density at radius 3 is 2.83 bits per heavy atom. The van der Waals surface area contributed by atoms with Gasteiger partial charge in [0.15, 0.2) is 5.57 Å². The molecule has 0 radical (unpaired) electrons. The van der Waals surface area contributed by atoms with Crippen molar-refractivity contribution in [2.75, 3.05) is 6.61 Å². The molecule has 0 saturated heterocycles. The molecule has 0 fully saturated rings. The Labute approximate surface area is 104 Å². The number of ether oxygens (including phenoxy) is 1. The standard InChI is InChI=1S/C12H11N3O3/c1-2-18-12(17)11(8-16)10-6-4-3-5-9(10)7-14-15-13/h3-6H,2,7H2,1H3. The third-order valence-corrected chi connectivity index (χ3v) is 2.17. The van der Waals surface area contributed by atoms with Gasteiger partial charge in [0.1, 0.15) is 5.94 Å². The number of rotatable bonds is 5. The molecule has 0 N–H and O–H groups in total. The van der Waals surface area contributed by atoms with E-state index in [2.05, 4.69) is 10.0 Å². The number of carbonyl (C=O) groups is 1. The second kappa shape index (κ2) is 6.91. The quantitative estimate of drug-likeness (QED) is 0.199. The zero-order valence-electron chi connectivity index (χ0n) is 9.79. The van der Waals surface area contributed by atoms with Gasteiger partial charge >= 0.3 is 5.97 Å². The molecule has 0 atom stereocenters. The molecular weight excluding hydrogens is 234 g/mol. The lowest BCUT2D eigenvalue weighted by atomic mass is 10.0. The normalized spacial score (nSPS) is 8.94. The molecule has 0 aromatic heterocycles. The van der Waals surface area contributed by atoms with Crippen molar-refractivity contribution in [3.8, 4) is 0 Å². The third kappa shape index (κ3) is 3.22. The highest BCUT2D eigenvalue weighted by Crippen LogP contribution is 2.19. The van der Waals surface area contributed by atoms with Crippen molar-refractivity contribution in [3.63, 3.8) is 0 Å². The Hall–Kier alpha value is -2.55. The van der Waals surface area contributed by atoms with Crippen LogP contribution in [-0.4, -0.2) is 18.5 Å². The molecule has 0 unspecified atom stereocenters. The first-order chi connectivity index (χ1) is 8.74. The van der Waals surface area contributed by atoms with Gasteiger partial charge in [-0.15, -0.1) is 0 Å². The molecule has 18 heavy (non-hydrogen) atoms. The molecule has 6 nitrogen and oxygen atoms in total. The van der Waals surface area contributed by atoms with Gasteiger partial charge in [-0.2, -0.15) is 0 Å². The highest BCUT2D eigenvalue weighted by atomic mass is 16.5. The maximum Gasteiger partial charge on any atom is 0.350 e. The predicted octanol–water partition coefficient (Wildman–Crippen LogP) is 2.28. The number of benzene rings is 1. The van der Waals surface area contributed by atoms with Crippen molar-refractivity contribution in [1.82, 2.24) is 0 Å². The predicted molar refractivity (Wildman–Crippen MR) is 65.0 cm³/mol. The molecule has 0 amide bonds. The third-order valence-electron chi connectivity index (χ3n) is 2.17. The molecule has 0 aliphatic heterocycles. The first kappa shape index (κ1) is 13.5. The Balaban J connectivity index is 3.17. The summed E-state index contributed by atoms with van der Waals surface area (Å²) in [6.45, 7) is 1.87. The molecule has 0 bridgehead atoms. The van der Waals surface area contributed by atoms with Gasteiger partial charge in [-0.25, -0.2) is 9.59 Å². The van der Waals surface area contributed by atoms with E-state index in [1.165, 1.54) is 0 Å². The minimum Gasteiger partial charge on any atom is -0.462 e. The second-order valence-electron chi connectivity index (χ2n) is 3.24. The van der Waals surface area contributed by atoms with Crippen LogP contribution >= 0.6 is 0 Å². The topological polar surface area (TPSA) is 92.1 Å². The van der Waals surface area contributed by atoms with E-state index < -0.39 is 5.97 Å². The Morgan fingerprint density at radius 2 is 2.22 bits per heavy atom. The molecule has 6 heteroatoms. The summed E-state index contributed by atoms with van der Waals surface area (Å²) in [5.74, 6) is 0.842. The fourth-order valence-corrected chi connectivity index (χ4v) is 1.42. The molecular formula is C12H11N3O3. The maximum atomic E-state index is 11.6. The smallest absolute Gasteiger partial charge is 0.350 e. The molecule has 1 aromatic rings. The molecule has 0 aliphatic carbocycles. The number of esters is 1. The van der Waals surface area contributed by atoms with Crippen LogP contribution in [0.5, 0.6) is 0 Å². The molecule has 0 saturated carbocycles. The van der Waals surface area contributed by atoms with Gasteiger partial charge < -0.3 is 4.74 Å². The summed E-state index contributed by atoms with van der Waals surface area (Å²) in [7, 11) is 0. The molecule has 92 valence electrons. The molecule has 0 aliphatic rings. The lowest BCUT2D eigenvalue weighted by Gasteiger charge is -2.07. The van der Waals surface area contributed by atoms with Gasteiger partial charge in [-0.1, -0.05) is 29.4 Å². The van der Waals surface area contributed by atoms with Crippen molar-refractivity contribution in [2.24, 2.45) is 5.11 Å². The Morgan fingerprint density at radius 1 is 1.50 bits per heavy atom. The number of nitrogens with zero attached hydrogens (tertiary/aromatic N) is 3. The summed E-state index contributed by atoms with van der Waals surface area (Å²) in [5.41, 5.74) is 9.04. The maximum absolute atomic E-state index is 11.6. The number of azide groups is 1. The monoisotopic (exact) mass is 245 g/mol. The van der Waals surface area contributed by atoms with Crippen LogP contribution in [0.4, 0.5) is 0 Å². The van der Waals surface area contributed by atoms with Crippen molar-refractivity contribution in [1.29, 1.82) is 0 Å². The van der Waals surface area contributed by atoms with Gasteiger partial charge in [0.05, 0.1) is 13.2 Å². The van der Waals surface area contributed by atoms with E-state index in [-0.39, 0.29) is 18.7 Å². The van der Waals surface area contributed by atoms with Gasteiger partial charge in [-0.05, 0) is 18.0 Å². The van der Waals surface area contributed by atoms with Crippen LogP contribution in [0.3, 0.4) is 0 Å². The summed E-state index contributed by atoms with van der Waals surface area (Å²) in [4.78, 5) is 25.1.